The van der Waals surface area contributed by atoms with Gasteiger partial charge >= 0.3 is 12.3 Å². The minimum Gasteiger partial charge on any atom is -0.482 e. The molecule has 19 heavy (non-hydrogen) atoms. The summed E-state index contributed by atoms with van der Waals surface area (Å²) in [6.07, 6.45) is -3.87. The number of carbonyl (C=O) groups is 1. The molecule has 1 heterocycles. The lowest BCUT2D eigenvalue weighted by Crippen LogP contribution is -2.39. The van der Waals surface area contributed by atoms with Crippen molar-refractivity contribution in [3.8, 4) is 5.75 Å². The summed E-state index contributed by atoms with van der Waals surface area (Å²) < 4.78 is 55.7. The number of benzene rings is 1. The van der Waals surface area contributed by atoms with Crippen LogP contribution in [-0.2, 0) is 4.79 Å². The molecule has 1 amide bonds. The largest absolute Gasteiger partial charge is 0.482 e. The molecule has 0 aromatic heterocycles. The number of alkyl halides is 4. The molecule has 8 heteroatoms. The summed E-state index contributed by atoms with van der Waals surface area (Å²) in [5, 5.41) is 2.38. The van der Waals surface area contributed by atoms with E-state index < -0.39 is 24.3 Å². The summed E-state index contributed by atoms with van der Waals surface area (Å²) >= 11 is 0. The van der Waals surface area contributed by atoms with Crippen molar-refractivity contribution in [3.05, 3.63) is 23.8 Å². The highest BCUT2D eigenvalue weighted by Crippen LogP contribution is 2.38. The highest BCUT2D eigenvalue weighted by atomic mass is 19.3. The van der Waals surface area contributed by atoms with Gasteiger partial charge in [0.1, 0.15) is 11.8 Å². The Hall–Kier alpha value is -1.83. The molecule has 1 aromatic carbocycles. The molecule has 1 unspecified atom stereocenters. The van der Waals surface area contributed by atoms with Gasteiger partial charge in [0, 0.05) is 0 Å². The summed E-state index contributed by atoms with van der Waals surface area (Å²) in [6, 6.07) is 1.40. The van der Waals surface area contributed by atoms with Gasteiger partial charge in [0.25, 0.3) is 5.91 Å². The quantitative estimate of drug-likeness (QED) is 0.830. The van der Waals surface area contributed by atoms with Crippen molar-refractivity contribution in [3.63, 3.8) is 0 Å². The number of anilines is 1. The van der Waals surface area contributed by atoms with Gasteiger partial charge in [0.05, 0.1) is 5.69 Å². The topological polar surface area (TPSA) is 64.3 Å². The van der Waals surface area contributed by atoms with Crippen LogP contribution in [0.1, 0.15) is 11.6 Å². The van der Waals surface area contributed by atoms with Crippen LogP contribution in [0.3, 0.4) is 0 Å². The van der Waals surface area contributed by atoms with Crippen LogP contribution in [0.25, 0.3) is 0 Å². The highest BCUT2D eigenvalue weighted by molar-refractivity contribution is 5.95. The van der Waals surface area contributed by atoms with Gasteiger partial charge in [-0.1, -0.05) is 6.07 Å². The predicted octanol–water partition coefficient (Wildman–Crippen LogP) is 1.92. The van der Waals surface area contributed by atoms with E-state index in [1.165, 1.54) is 6.07 Å². The Labute approximate surface area is 105 Å². The number of fused-ring (bicyclic) bond motifs is 1. The van der Waals surface area contributed by atoms with Crippen LogP contribution in [0.2, 0.25) is 0 Å². The Morgan fingerprint density at radius 1 is 1.37 bits per heavy atom. The zero-order valence-electron chi connectivity index (χ0n) is 9.50. The summed E-state index contributed by atoms with van der Waals surface area (Å²) in [5.41, 5.74) is 5.08. The third-order valence-electron chi connectivity index (χ3n) is 2.70. The van der Waals surface area contributed by atoms with Crippen LogP contribution < -0.4 is 15.8 Å². The van der Waals surface area contributed by atoms with E-state index >= 15 is 0 Å². The number of hydrogen-bond acceptors (Lipinski definition) is 3. The van der Waals surface area contributed by atoms with Gasteiger partial charge in [-0.05, 0) is 17.7 Å². The molecule has 3 N–H and O–H groups in total. The molecule has 1 aromatic rings. The number of nitrogens with one attached hydrogen (secondary N) is 1. The van der Waals surface area contributed by atoms with Crippen molar-refractivity contribution in [2.75, 3.05) is 11.9 Å². The van der Waals surface area contributed by atoms with Crippen LogP contribution in [-0.4, -0.2) is 24.9 Å². The molecule has 0 spiro atoms. The fraction of sp³-hybridized carbons (Fsp3) is 0.364. The number of amides is 1. The predicted molar refractivity (Wildman–Crippen MR) is 58.4 cm³/mol. The van der Waals surface area contributed by atoms with Crippen molar-refractivity contribution in [1.82, 2.24) is 0 Å². The zero-order chi connectivity index (χ0) is 14.2. The lowest BCUT2D eigenvalue weighted by molar-refractivity contribution is -0.144. The van der Waals surface area contributed by atoms with Gasteiger partial charge in [-0.3, -0.25) is 4.79 Å². The second kappa shape index (κ2) is 4.69. The molecule has 0 saturated heterocycles. The lowest BCUT2D eigenvalue weighted by atomic mass is 10.0. The molecule has 0 fully saturated rings. The Balaban J connectivity index is 2.32. The van der Waals surface area contributed by atoms with E-state index in [0.29, 0.717) is 0 Å². The number of hydrogen-bond donors (Lipinski definition) is 2. The summed E-state index contributed by atoms with van der Waals surface area (Å²) in [7, 11) is 0. The second-order valence-corrected chi connectivity index (χ2v) is 4.05. The first kappa shape index (κ1) is 13.6. The molecule has 1 atom stereocenters. The van der Waals surface area contributed by atoms with Gasteiger partial charge < -0.3 is 15.8 Å². The minimum absolute atomic E-state index is 0.134. The molecule has 2 rings (SSSR count). The van der Waals surface area contributed by atoms with Crippen molar-refractivity contribution >= 4 is 11.6 Å². The first-order chi connectivity index (χ1) is 8.82. The van der Waals surface area contributed by atoms with Gasteiger partial charge in [-0.2, -0.15) is 8.78 Å². The van der Waals surface area contributed by atoms with E-state index in [1.807, 2.05) is 0 Å². The third kappa shape index (κ3) is 2.48. The van der Waals surface area contributed by atoms with E-state index in [-0.39, 0.29) is 23.6 Å². The average Bonchev–Trinajstić information content (AvgIpc) is 2.36. The Kier molecular flexibility index (Phi) is 3.36. The molecule has 4 nitrogen and oxygen atoms in total. The monoisotopic (exact) mass is 278 g/mol. The van der Waals surface area contributed by atoms with Crippen LogP contribution >= 0.6 is 0 Å². The highest BCUT2D eigenvalue weighted by Gasteiger charge is 2.47. The standard InChI is InChI=1S/C11H10F4N2O2/c12-10(13)11(14,15)9(16)5-1-2-7-6(3-5)17-8(18)4-19-7/h1-3,9-10H,4,16H2,(H,17,18). The number of halogens is 4. The first-order valence-electron chi connectivity index (χ1n) is 5.30. The molecule has 0 radical (unpaired) electrons. The van der Waals surface area contributed by atoms with Crippen molar-refractivity contribution in [1.29, 1.82) is 0 Å². The number of carbonyl (C=O) groups excluding carboxylic acids is 1. The number of rotatable bonds is 3. The number of ether oxygens (including phenoxy) is 1. The minimum atomic E-state index is -4.35. The Bertz CT molecular complexity index is 507. The summed E-state index contributed by atoms with van der Waals surface area (Å²) in [6.45, 7) is -0.189. The van der Waals surface area contributed by atoms with Crippen molar-refractivity contribution < 1.29 is 27.1 Å². The van der Waals surface area contributed by atoms with E-state index in [4.69, 9.17) is 10.5 Å². The van der Waals surface area contributed by atoms with Crippen molar-refractivity contribution in [2.45, 2.75) is 18.4 Å². The molecular formula is C11H10F4N2O2. The molecular weight excluding hydrogens is 268 g/mol. The maximum absolute atomic E-state index is 13.1. The van der Waals surface area contributed by atoms with Crippen LogP contribution in [0.5, 0.6) is 5.75 Å². The van der Waals surface area contributed by atoms with Gasteiger partial charge in [0.15, 0.2) is 6.61 Å². The van der Waals surface area contributed by atoms with E-state index in [9.17, 15) is 22.4 Å². The molecule has 0 bridgehead atoms. The first-order valence-corrected chi connectivity index (χ1v) is 5.30. The fourth-order valence-corrected chi connectivity index (χ4v) is 1.65. The second-order valence-electron chi connectivity index (χ2n) is 4.05. The third-order valence-corrected chi connectivity index (χ3v) is 2.70. The summed E-state index contributed by atoms with van der Waals surface area (Å²) in [4.78, 5) is 11.1. The maximum atomic E-state index is 13.1. The zero-order valence-corrected chi connectivity index (χ0v) is 9.50. The molecule has 104 valence electrons. The van der Waals surface area contributed by atoms with Crippen LogP contribution in [0, 0.1) is 0 Å². The van der Waals surface area contributed by atoms with Gasteiger partial charge in [-0.25, -0.2) is 8.78 Å². The van der Waals surface area contributed by atoms with E-state index in [2.05, 4.69) is 5.32 Å². The number of nitrogens with two attached hydrogens (primary N) is 1. The van der Waals surface area contributed by atoms with Gasteiger partial charge in [0.2, 0.25) is 0 Å². The molecule has 1 aliphatic heterocycles. The average molecular weight is 278 g/mol. The van der Waals surface area contributed by atoms with Gasteiger partial charge in [-0.15, -0.1) is 0 Å². The smallest absolute Gasteiger partial charge is 0.326 e. The fourth-order valence-electron chi connectivity index (χ4n) is 1.65. The summed E-state index contributed by atoms with van der Waals surface area (Å²) in [5.74, 6) is -4.54. The van der Waals surface area contributed by atoms with Crippen molar-refractivity contribution in [2.24, 2.45) is 5.73 Å². The molecule has 0 saturated carbocycles. The normalized spacial score (nSPS) is 16.6. The SMILES string of the molecule is NC(c1ccc2c(c1)NC(=O)CO2)C(F)(F)C(F)F. The Morgan fingerprint density at radius 3 is 2.68 bits per heavy atom. The van der Waals surface area contributed by atoms with Crippen LogP contribution in [0.4, 0.5) is 23.2 Å². The Morgan fingerprint density at radius 2 is 2.05 bits per heavy atom. The van der Waals surface area contributed by atoms with E-state index in [0.717, 1.165) is 12.1 Å². The maximum Gasteiger partial charge on any atom is 0.326 e. The van der Waals surface area contributed by atoms with E-state index in [1.54, 1.807) is 0 Å². The van der Waals surface area contributed by atoms with Crippen LogP contribution in [0.15, 0.2) is 18.2 Å². The molecule has 1 aliphatic rings. The molecule has 0 aliphatic carbocycles. The lowest BCUT2D eigenvalue weighted by Gasteiger charge is -2.25.